The molecule has 2 aromatic rings. The molecule has 0 bridgehead atoms. The summed E-state index contributed by atoms with van der Waals surface area (Å²) < 4.78 is 32.2. The van der Waals surface area contributed by atoms with Gasteiger partial charge in [0.1, 0.15) is 18.3 Å². The molecule has 9 heteroatoms. The number of benzene rings is 2. The number of rotatable bonds is 13. The third-order valence-corrected chi connectivity index (χ3v) is 7.06. The van der Waals surface area contributed by atoms with Crippen molar-refractivity contribution in [3.05, 3.63) is 59.7 Å². The molecular formula is C27H39N3O5S. The molecule has 0 saturated carbocycles. The lowest BCUT2D eigenvalue weighted by Crippen LogP contribution is -2.52. The van der Waals surface area contributed by atoms with Crippen molar-refractivity contribution in [1.29, 1.82) is 0 Å². The second-order valence-electron chi connectivity index (χ2n) is 9.07. The number of hydrogen-bond donors (Lipinski definition) is 1. The number of methoxy groups -OCH3 is 1. The molecule has 0 aliphatic rings. The predicted molar refractivity (Wildman–Crippen MR) is 144 cm³/mol. The fourth-order valence-electron chi connectivity index (χ4n) is 4.05. The predicted octanol–water partition coefficient (Wildman–Crippen LogP) is 3.92. The zero-order valence-electron chi connectivity index (χ0n) is 22.2. The Bertz CT molecular complexity index is 1130. The number of anilines is 1. The molecule has 36 heavy (non-hydrogen) atoms. The van der Waals surface area contributed by atoms with E-state index in [1.54, 1.807) is 31.4 Å². The molecule has 0 unspecified atom stereocenters. The average Bonchev–Trinajstić information content (AvgIpc) is 2.85. The van der Waals surface area contributed by atoms with E-state index in [1.807, 2.05) is 52.0 Å². The van der Waals surface area contributed by atoms with Gasteiger partial charge in [0.15, 0.2) is 0 Å². The molecule has 0 spiro atoms. The van der Waals surface area contributed by atoms with E-state index in [-0.39, 0.29) is 18.4 Å². The average molecular weight is 518 g/mol. The molecular weight excluding hydrogens is 478 g/mol. The van der Waals surface area contributed by atoms with Gasteiger partial charge < -0.3 is 15.0 Å². The van der Waals surface area contributed by atoms with Crippen LogP contribution in [-0.4, -0.2) is 57.6 Å². The Morgan fingerprint density at radius 1 is 1.06 bits per heavy atom. The van der Waals surface area contributed by atoms with Crippen molar-refractivity contribution in [3.8, 4) is 5.75 Å². The van der Waals surface area contributed by atoms with Crippen LogP contribution in [0.25, 0.3) is 0 Å². The quantitative estimate of drug-likeness (QED) is 0.435. The number of carbonyl (C=O) groups is 2. The van der Waals surface area contributed by atoms with E-state index in [9.17, 15) is 18.0 Å². The summed E-state index contributed by atoms with van der Waals surface area (Å²) >= 11 is 0. The lowest BCUT2D eigenvalue weighted by molar-refractivity contribution is -0.140. The van der Waals surface area contributed by atoms with Crippen molar-refractivity contribution in [1.82, 2.24) is 10.2 Å². The summed E-state index contributed by atoms with van der Waals surface area (Å²) in [6.07, 6.45) is 2.24. The topological polar surface area (TPSA) is 96.0 Å². The number of para-hydroxylation sites is 1. The van der Waals surface area contributed by atoms with Gasteiger partial charge in [-0.25, -0.2) is 8.42 Å². The van der Waals surface area contributed by atoms with Crippen LogP contribution in [0.3, 0.4) is 0 Å². The molecule has 2 amide bonds. The van der Waals surface area contributed by atoms with Crippen molar-refractivity contribution in [3.63, 3.8) is 0 Å². The standard InChI is InChI=1S/C27H39N3O5S/c1-7-16-28-27(32)24(8-2)29(18-21-12-11-13-22(17-21)35-5)26(31)19-30(36(6,33)34)25-15-10-9-14-23(25)20(3)4/h9-15,17,20,24H,7-8,16,18-19H2,1-6H3,(H,28,32)/t24-/m1/s1. The summed E-state index contributed by atoms with van der Waals surface area (Å²) in [6, 6.07) is 13.7. The lowest BCUT2D eigenvalue weighted by atomic mass is 10.0. The number of nitrogens with zero attached hydrogens (tertiary/aromatic N) is 2. The van der Waals surface area contributed by atoms with Gasteiger partial charge in [-0.15, -0.1) is 0 Å². The molecule has 0 radical (unpaired) electrons. The maximum atomic E-state index is 13.8. The van der Waals surface area contributed by atoms with Gasteiger partial charge in [0.25, 0.3) is 0 Å². The number of carbonyl (C=O) groups excluding carboxylic acids is 2. The summed E-state index contributed by atoms with van der Waals surface area (Å²) in [5, 5.41) is 2.88. The van der Waals surface area contributed by atoms with Crippen LogP contribution < -0.4 is 14.4 Å². The van der Waals surface area contributed by atoms with Gasteiger partial charge in [-0.2, -0.15) is 0 Å². The zero-order chi connectivity index (χ0) is 26.9. The van der Waals surface area contributed by atoms with Crippen molar-refractivity contribution in [2.24, 2.45) is 0 Å². The summed E-state index contributed by atoms with van der Waals surface area (Å²) in [6.45, 7) is 7.96. The highest BCUT2D eigenvalue weighted by atomic mass is 32.2. The molecule has 8 nitrogen and oxygen atoms in total. The van der Waals surface area contributed by atoms with Crippen molar-refractivity contribution >= 4 is 27.5 Å². The van der Waals surface area contributed by atoms with Gasteiger partial charge >= 0.3 is 0 Å². The van der Waals surface area contributed by atoms with Crippen LogP contribution in [0.1, 0.15) is 57.6 Å². The Hall–Kier alpha value is -3.07. The van der Waals surface area contributed by atoms with Crippen LogP contribution in [0.2, 0.25) is 0 Å². The monoisotopic (exact) mass is 517 g/mol. The first kappa shape index (κ1) is 29.2. The minimum atomic E-state index is -3.79. The van der Waals surface area contributed by atoms with Gasteiger partial charge in [0.2, 0.25) is 21.8 Å². The van der Waals surface area contributed by atoms with Crippen LogP contribution in [0.5, 0.6) is 5.75 Å². The molecule has 2 aromatic carbocycles. The van der Waals surface area contributed by atoms with E-state index >= 15 is 0 Å². The number of nitrogens with one attached hydrogen (secondary N) is 1. The second kappa shape index (κ2) is 13.3. The van der Waals surface area contributed by atoms with Crippen molar-refractivity contribution < 1.29 is 22.7 Å². The first-order valence-corrected chi connectivity index (χ1v) is 14.1. The highest BCUT2D eigenvalue weighted by Gasteiger charge is 2.32. The molecule has 198 valence electrons. The number of hydrogen-bond acceptors (Lipinski definition) is 5. The number of ether oxygens (including phenoxy) is 1. The third kappa shape index (κ3) is 7.71. The van der Waals surface area contributed by atoms with E-state index in [1.165, 1.54) is 4.90 Å². The number of sulfonamides is 1. The van der Waals surface area contributed by atoms with E-state index in [0.717, 1.165) is 28.1 Å². The summed E-state index contributed by atoms with van der Waals surface area (Å²) in [5.74, 6) is -0.0342. The van der Waals surface area contributed by atoms with Gasteiger partial charge in [-0.3, -0.25) is 13.9 Å². The van der Waals surface area contributed by atoms with Crippen LogP contribution in [0.15, 0.2) is 48.5 Å². The van der Waals surface area contributed by atoms with Crippen LogP contribution >= 0.6 is 0 Å². The van der Waals surface area contributed by atoms with Crippen LogP contribution in [0, 0.1) is 0 Å². The smallest absolute Gasteiger partial charge is 0.244 e. The Morgan fingerprint density at radius 2 is 1.75 bits per heavy atom. The normalized spacial score (nSPS) is 12.2. The van der Waals surface area contributed by atoms with Crippen molar-refractivity contribution in [2.75, 3.05) is 30.8 Å². The van der Waals surface area contributed by atoms with Gasteiger partial charge in [-0.1, -0.05) is 58.0 Å². The van der Waals surface area contributed by atoms with Crippen molar-refractivity contribution in [2.45, 2.75) is 59.0 Å². The lowest BCUT2D eigenvalue weighted by Gasteiger charge is -2.33. The highest BCUT2D eigenvalue weighted by Crippen LogP contribution is 2.29. The maximum absolute atomic E-state index is 13.8. The maximum Gasteiger partial charge on any atom is 0.244 e. The molecule has 0 aliphatic carbocycles. The van der Waals surface area contributed by atoms with Crippen LogP contribution in [0.4, 0.5) is 5.69 Å². The fourth-order valence-corrected chi connectivity index (χ4v) is 4.92. The minimum Gasteiger partial charge on any atom is -0.497 e. The van der Waals surface area contributed by atoms with Gasteiger partial charge in [-0.05, 0) is 48.1 Å². The Kier molecular flexibility index (Phi) is 10.8. The molecule has 0 fully saturated rings. The molecule has 0 aromatic heterocycles. The molecule has 1 atom stereocenters. The number of amides is 2. The minimum absolute atomic E-state index is 0.0525. The molecule has 0 heterocycles. The summed E-state index contributed by atoms with van der Waals surface area (Å²) in [5.41, 5.74) is 2.06. The van der Waals surface area contributed by atoms with Gasteiger partial charge in [0.05, 0.1) is 19.1 Å². The largest absolute Gasteiger partial charge is 0.497 e. The molecule has 1 N–H and O–H groups in total. The highest BCUT2D eigenvalue weighted by molar-refractivity contribution is 7.92. The SMILES string of the molecule is CCCNC(=O)[C@@H](CC)N(Cc1cccc(OC)c1)C(=O)CN(c1ccccc1C(C)C)S(C)(=O)=O. The van der Waals surface area contributed by atoms with E-state index in [2.05, 4.69) is 5.32 Å². The van der Waals surface area contributed by atoms with E-state index in [4.69, 9.17) is 4.74 Å². The van der Waals surface area contributed by atoms with E-state index in [0.29, 0.717) is 24.4 Å². The first-order chi connectivity index (χ1) is 17.0. The summed E-state index contributed by atoms with van der Waals surface area (Å²) in [7, 11) is -2.23. The molecule has 0 saturated heterocycles. The molecule has 0 aliphatic heterocycles. The molecule has 2 rings (SSSR count). The first-order valence-electron chi connectivity index (χ1n) is 12.3. The third-order valence-electron chi connectivity index (χ3n) is 5.93. The Morgan fingerprint density at radius 3 is 2.33 bits per heavy atom. The Labute approximate surface area is 215 Å². The Balaban J connectivity index is 2.50. The second-order valence-corrected chi connectivity index (χ2v) is 11.0. The fraction of sp³-hybridized carbons (Fsp3) is 0.481. The zero-order valence-corrected chi connectivity index (χ0v) is 23.0. The van der Waals surface area contributed by atoms with Crippen LogP contribution in [-0.2, 0) is 26.2 Å². The van der Waals surface area contributed by atoms with Gasteiger partial charge in [0, 0.05) is 13.1 Å². The summed E-state index contributed by atoms with van der Waals surface area (Å²) in [4.78, 5) is 28.3. The van der Waals surface area contributed by atoms with E-state index < -0.39 is 28.5 Å².